The van der Waals surface area contributed by atoms with Crippen LogP contribution >= 0.6 is 0 Å². The molecule has 0 bridgehead atoms. The molecule has 0 aliphatic carbocycles. The summed E-state index contributed by atoms with van der Waals surface area (Å²) < 4.78 is 3.27. The van der Waals surface area contributed by atoms with Gasteiger partial charge in [-0.3, -0.25) is 0 Å². The molecule has 0 N–H and O–H groups in total. The number of rotatable bonds is 4. The molecule has 0 heterocycles. The first-order chi connectivity index (χ1) is 3.41. The van der Waals surface area contributed by atoms with Crippen LogP contribution in [0.5, 0.6) is 0 Å². The third-order valence-corrected chi connectivity index (χ3v) is 8.10. The van der Waals surface area contributed by atoms with Crippen LogP contribution in [0, 0.1) is 0 Å². The molecule has 0 saturated heterocycles. The van der Waals surface area contributed by atoms with Crippen molar-refractivity contribution in [1.29, 1.82) is 0 Å². The summed E-state index contributed by atoms with van der Waals surface area (Å²) in [5, 5.41) is 0. The van der Waals surface area contributed by atoms with Crippen LogP contribution in [0.2, 0.25) is 8.35 Å². The Kier molecular flexibility index (Phi) is 7.72. The van der Waals surface area contributed by atoms with Crippen LogP contribution in [-0.4, -0.2) is 22.9 Å². The topological polar surface area (TPSA) is 0 Å². The van der Waals surface area contributed by atoms with Gasteiger partial charge in [0.25, 0.3) is 0 Å². The van der Waals surface area contributed by atoms with E-state index in [1.807, 2.05) is 0 Å². The first-order valence-corrected chi connectivity index (χ1v) is 9.12. The fraction of sp³-hybridized carbons (Fsp3) is 1.00. The van der Waals surface area contributed by atoms with Crippen molar-refractivity contribution < 1.29 is 0 Å². The van der Waals surface area contributed by atoms with Crippen molar-refractivity contribution in [2.45, 2.75) is 35.0 Å². The van der Waals surface area contributed by atoms with Gasteiger partial charge in [-0.1, -0.05) is 0 Å². The van der Waals surface area contributed by atoms with Gasteiger partial charge < -0.3 is 0 Å². The van der Waals surface area contributed by atoms with Crippen molar-refractivity contribution in [2.24, 2.45) is 0 Å². The van der Waals surface area contributed by atoms with Gasteiger partial charge in [0, 0.05) is 0 Å². The van der Waals surface area contributed by atoms with Crippen LogP contribution in [-0.2, 0) is 0 Å². The predicted octanol–water partition coefficient (Wildman–Crippen LogP) is 2.08. The minimum atomic E-state index is -0.114. The van der Waals surface area contributed by atoms with Gasteiger partial charge in [-0.2, -0.15) is 0 Å². The summed E-state index contributed by atoms with van der Waals surface area (Å²) >= 11 is -0.114. The fourth-order valence-electron chi connectivity index (χ4n) is 0.677. The van der Waals surface area contributed by atoms with E-state index in [1.165, 1.54) is 12.8 Å². The fourth-order valence-corrected chi connectivity index (χ4v) is 4.54. The zero-order valence-electron chi connectivity index (χ0n) is 5.54. The molecule has 0 amide bonds. The first-order valence-electron chi connectivity index (χ1n) is 3.41. The average Bonchev–Trinajstić information content (AvgIpc) is 1.69. The van der Waals surface area contributed by atoms with Gasteiger partial charge in [0.1, 0.15) is 0 Å². The molecule has 0 atom stereocenters. The molecule has 0 aliphatic rings. The van der Waals surface area contributed by atoms with Gasteiger partial charge >= 0.3 is 58.0 Å². The summed E-state index contributed by atoms with van der Waals surface area (Å²) in [6.07, 6.45) is 2.91. The zero-order chi connectivity index (χ0) is 5.54. The Morgan fingerprint density at radius 3 is 1.71 bits per heavy atom. The molecule has 42 valence electrons. The van der Waals surface area contributed by atoms with E-state index in [9.17, 15) is 0 Å². The zero-order valence-corrected chi connectivity index (χ0v) is 9.57. The Labute approximate surface area is 58.0 Å². The Bertz CT molecular complexity index is 23.4. The van der Waals surface area contributed by atoms with Crippen molar-refractivity contribution in [1.82, 2.24) is 0 Å². The molecule has 0 fully saturated rings. The van der Waals surface area contributed by atoms with E-state index >= 15 is 0 Å². The molecule has 0 rings (SSSR count). The maximum absolute atomic E-state index is 2.30. The summed E-state index contributed by atoms with van der Waals surface area (Å²) in [6, 6.07) is 0. The van der Waals surface area contributed by atoms with Crippen LogP contribution in [0.15, 0.2) is 0 Å². The summed E-state index contributed by atoms with van der Waals surface area (Å²) in [7, 11) is 0. The van der Waals surface area contributed by atoms with E-state index in [0.29, 0.717) is 0 Å². The van der Waals surface area contributed by atoms with Crippen molar-refractivity contribution >= 4 is 22.9 Å². The van der Waals surface area contributed by atoms with Gasteiger partial charge in [-0.25, -0.2) is 0 Å². The average molecular weight is 202 g/mol. The predicted molar refractivity (Wildman–Crippen MR) is 37.3 cm³/mol. The second-order valence-electron chi connectivity index (χ2n) is 2.06. The van der Waals surface area contributed by atoms with E-state index in [2.05, 4.69) is 13.8 Å². The van der Waals surface area contributed by atoms with Gasteiger partial charge in [0.2, 0.25) is 0 Å². The van der Waals surface area contributed by atoms with Crippen LogP contribution in [0.3, 0.4) is 0 Å². The quantitative estimate of drug-likeness (QED) is 0.612. The Balaban J connectivity index is 2.45. The third-order valence-electron chi connectivity index (χ3n) is 1.21. The molecule has 1 heteroatoms. The summed E-state index contributed by atoms with van der Waals surface area (Å²) in [5.41, 5.74) is 0. The van der Waals surface area contributed by atoms with Gasteiger partial charge in [0.05, 0.1) is 0 Å². The second-order valence-corrected chi connectivity index (χ2v) is 8.12. The standard InChI is InChI=1S/2C3H7.In.H/c2*1-3-2;;/h2*1,3H2,2H3;;. The molecule has 0 aliphatic heterocycles. The SMILES string of the molecule is CC[CH2][InH][CH2]CC. The van der Waals surface area contributed by atoms with Crippen LogP contribution in [0.25, 0.3) is 0 Å². The molecule has 7 heavy (non-hydrogen) atoms. The molecule has 0 nitrogen and oxygen atoms in total. The van der Waals surface area contributed by atoms with E-state index in [-0.39, 0.29) is 22.9 Å². The third kappa shape index (κ3) is 6.87. The molecular formula is C6H15In. The van der Waals surface area contributed by atoms with Crippen LogP contribution in [0.1, 0.15) is 26.7 Å². The van der Waals surface area contributed by atoms with Crippen molar-refractivity contribution in [3.05, 3.63) is 0 Å². The van der Waals surface area contributed by atoms with Gasteiger partial charge in [0.15, 0.2) is 0 Å². The van der Waals surface area contributed by atoms with E-state index in [4.69, 9.17) is 0 Å². The minimum absolute atomic E-state index is 0.114. The van der Waals surface area contributed by atoms with Crippen LogP contribution < -0.4 is 0 Å². The Hall–Kier alpha value is 0.870. The molecule has 0 aromatic rings. The van der Waals surface area contributed by atoms with Crippen molar-refractivity contribution in [3.63, 3.8) is 0 Å². The Morgan fingerprint density at radius 1 is 1.00 bits per heavy atom. The molecule has 0 radical (unpaired) electrons. The van der Waals surface area contributed by atoms with Crippen molar-refractivity contribution in [2.75, 3.05) is 0 Å². The van der Waals surface area contributed by atoms with E-state index in [0.717, 1.165) is 0 Å². The summed E-state index contributed by atoms with van der Waals surface area (Å²) in [5.74, 6) is 0. The Morgan fingerprint density at radius 2 is 1.43 bits per heavy atom. The van der Waals surface area contributed by atoms with Crippen LogP contribution in [0.4, 0.5) is 0 Å². The van der Waals surface area contributed by atoms with Gasteiger partial charge in [-0.05, 0) is 0 Å². The van der Waals surface area contributed by atoms with Crippen molar-refractivity contribution in [3.8, 4) is 0 Å². The number of hydrogen-bond donors (Lipinski definition) is 0. The number of hydrogen-bond acceptors (Lipinski definition) is 0. The first kappa shape index (κ1) is 7.87. The maximum atomic E-state index is 2.30. The molecule has 0 spiro atoms. The van der Waals surface area contributed by atoms with E-state index in [1.54, 1.807) is 8.35 Å². The normalized spacial score (nSPS) is 8.86. The molecule has 0 aromatic carbocycles. The summed E-state index contributed by atoms with van der Waals surface area (Å²) in [4.78, 5) is 0. The van der Waals surface area contributed by atoms with Gasteiger partial charge in [-0.15, -0.1) is 0 Å². The molecule has 0 aromatic heterocycles. The monoisotopic (exact) mass is 202 g/mol. The summed E-state index contributed by atoms with van der Waals surface area (Å²) in [6.45, 7) is 4.60. The molecule has 0 saturated carbocycles. The second kappa shape index (κ2) is 6.87. The van der Waals surface area contributed by atoms with E-state index < -0.39 is 0 Å². The molecular weight excluding hydrogens is 187 g/mol. The molecule has 0 unspecified atom stereocenters.